The Morgan fingerprint density at radius 3 is 2.50 bits per heavy atom. The first-order chi connectivity index (χ1) is 13.1. The van der Waals surface area contributed by atoms with Crippen LogP contribution >= 0.6 is 0 Å². The number of carbonyl (C=O) groups excluding carboxylic acids is 4. The van der Waals surface area contributed by atoms with Crippen molar-refractivity contribution in [3.8, 4) is 0 Å². The maximum Gasteiger partial charge on any atom is 0.253 e. The second kappa shape index (κ2) is 8.86. The number of nitrogens with one attached hydrogen (secondary N) is 1. The molecule has 1 aromatic carbocycles. The lowest BCUT2D eigenvalue weighted by atomic mass is 10.1. The van der Waals surface area contributed by atoms with Crippen molar-refractivity contribution >= 4 is 23.6 Å². The SMILES string of the molecule is CC(CN(C)C(=O)c1cccc(C(N)=O)c1)NC(=O)[C@@H]1CCC(=O)N1C(C)C. The van der Waals surface area contributed by atoms with Gasteiger partial charge in [0, 0.05) is 43.2 Å². The van der Waals surface area contributed by atoms with Crippen LogP contribution in [0.4, 0.5) is 0 Å². The molecule has 1 saturated heterocycles. The van der Waals surface area contributed by atoms with E-state index >= 15 is 0 Å². The monoisotopic (exact) mass is 388 g/mol. The number of likely N-dealkylation sites (N-methyl/N-ethyl adjacent to an activating group) is 1. The molecule has 0 aliphatic carbocycles. The third kappa shape index (κ3) is 4.88. The van der Waals surface area contributed by atoms with Crippen molar-refractivity contribution in [1.29, 1.82) is 0 Å². The lowest BCUT2D eigenvalue weighted by Crippen LogP contribution is -2.51. The van der Waals surface area contributed by atoms with Crippen molar-refractivity contribution < 1.29 is 19.2 Å². The van der Waals surface area contributed by atoms with Gasteiger partial charge in [0.2, 0.25) is 17.7 Å². The molecule has 0 spiro atoms. The van der Waals surface area contributed by atoms with Crippen LogP contribution in [0, 0.1) is 0 Å². The van der Waals surface area contributed by atoms with Crippen LogP contribution in [0.5, 0.6) is 0 Å². The highest BCUT2D eigenvalue weighted by Gasteiger charge is 2.37. The van der Waals surface area contributed by atoms with E-state index in [-0.39, 0.29) is 41.9 Å². The molecule has 1 fully saturated rings. The van der Waals surface area contributed by atoms with Crippen molar-refractivity contribution in [3.05, 3.63) is 35.4 Å². The summed E-state index contributed by atoms with van der Waals surface area (Å²) in [5.41, 5.74) is 5.87. The number of primary amides is 1. The summed E-state index contributed by atoms with van der Waals surface area (Å²) >= 11 is 0. The van der Waals surface area contributed by atoms with Crippen LogP contribution in [-0.4, -0.2) is 65.1 Å². The first kappa shape index (κ1) is 21.4. The van der Waals surface area contributed by atoms with Gasteiger partial charge in [-0.1, -0.05) is 6.07 Å². The summed E-state index contributed by atoms with van der Waals surface area (Å²) in [5.74, 6) is -1.09. The second-order valence-electron chi connectivity index (χ2n) is 7.49. The molecule has 2 atom stereocenters. The summed E-state index contributed by atoms with van der Waals surface area (Å²) in [7, 11) is 1.63. The van der Waals surface area contributed by atoms with Crippen molar-refractivity contribution in [2.24, 2.45) is 5.73 Å². The topological polar surface area (TPSA) is 113 Å². The van der Waals surface area contributed by atoms with Gasteiger partial charge in [0.1, 0.15) is 6.04 Å². The van der Waals surface area contributed by atoms with E-state index in [0.29, 0.717) is 18.4 Å². The van der Waals surface area contributed by atoms with E-state index in [2.05, 4.69) is 5.32 Å². The van der Waals surface area contributed by atoms with Gasteiger partial charge in [-0.05, 0) is 45.4 Å². The summed E-state index contributed by atoms with van der Waals surface area (Å²) in [4.78, 5) is 51.5. The Kier molecular flexibility index (Phi) is 6.77. The van der Waals surface area contributed by atoms with E-state index < -0.39 is 11.9 Å². The Labute approximate surface area is 165 Å². The first-order valence-electron chi connectivity index (χ1n) is 9.38. The number of amides is 4. The largest absolute Gasteiger partial charge is 0.366 e. The zero-order valence-electron chi connectivity index (χ0n) is 16.8. The summed E-state index contributed by atoms with van der Waals surface area (Å²) in [6.07, 6.45) is 0.878. The Morgan fingerprint density at radius 2 is 1.89 bits per heavy atom. The maximum absolute atomic E-state index is 12.6. The minimum atomic E-state index is -0.598. The summed E-state index contributed by atoms with van der Waals surface area (Å²) in [5, 5.41) is 2.89. The second-order valence-corrected chi connectivity index (χ2v) is 7.49. The number of hydrogen-bond donors (Lipinski definition) is 2. The van der Waals surface area contributed by atoms with E-state index in [1.807, 2.05) is 13.8 Å². The van der Waals surface area contributed by atoms with E-state index in [4.69, 9.17) is 5.73 Å². The van der Waals surface area contributed by atoms with Crippen LogP contribution in [0.3, 0.4) is 0 Å². The predicted octanol–water partition coefficient (Wildman–Crippen LogP) is 0.762. The standard InChI is InChI=1S/C20H28N4O4/c1-12(2)24-16(8-9-17(24)25)19(27)22-13(3)11-23(4)20(28)15-7-5-6-14(10-15)18(21)26/h5-7,10,12-13,16H,8-9,11H2,1-4H3,(H2,21,26)(H,22,27)/t13?,16-/m0/s1. The van der Waals surface area contributed by atoms with E-state index in [9.17, 15) is 19.2 Å². The first-order valence-corrected chi connectivity index (χ1v) is 9.38. The average molecular weight is 388 g/mol. The molecule has 1 unspecified atom stereocenters. The van der Waals surface area contributed by atoms with Crippen molar-refractivity contribution in [2.45, 2.75) is 51.7 Å². The highest BCUT2D eigenvalue weighted by Crippen LogP contribution is 2.21. The Morgan fingerprint density at radius 1 is 1.25 bits per heavy atom. The molecule has 0 aromatic heterocycles. The smallest absolute Gasteiger partial charge is 0.253 e. The van der Waals surface area contributed by atoms with E-state index in [1.54, 1.807) is 37.1 Å². The zero-order chi connectivity index (χ0) is 21.0. The predicted molar refractivity (Wildman–Crippen MR) is 105 cm³/mol. The number of hydrogen-bond acceptors (Lipinski definition) is 4. The van der Waals surface area contributed by atoms with Gasteiger partial charge in [-0.2, -0.15) is 0 Å². The van der Waals surface area contributed by atoms with Gasteiger partial charge in [0.25, 0.3) is 5.91 Å². The normalized spacial score (nSPS) is 17.5. The van der Waals surface area contributed by atoms with Crippen LogP contribution in [-0.2, 0) is 9.59 Å². The van der Waals surface area contributed by atoms with Gasteiger partial charge in [0.05, 0.1) is 0 Å². The van der Waals surface area contributed by atoms with Crippen molar-refractivity contribution in [1.82, 2.24) is 15.1 Å². The lowest BCUT2D eigenvalue weighted by molar-refractivity contribution is -0.137. The fourth-order valence-corrected chi connectivity index (χ4v) is 3.51. The Bertz CT molecular complexity index is 777. The van der Waals surface area contributed by atoms with E-state index in [0.717, 1.165) is 0 Å². The maximum atomic E-state index is 12.6. The molecule has 1 heterocycles. The minimum Gasteiger partial charge on any atom is -0.366 e. The number of benzene rings is 1. The summed E-state index contributed by atoms with van der Waals surface area (Å²) < 4.78 is 0. The fraction of sp³-hybridized carbons (Fsp3) is 0.500. The highest BCUT2D eigenvalue weighted by atomic mass is 16.2. The van der Waals surface area contributed by atoms with Crippen LogP contribution in [0.25, 0.3) is 0 Å². The molecule has 1 aliphatic heterocycles. The van der Waals surface area contributed by atoms with Gasteiger partial charge >= 0.3 is 0 Å². The molecule has 152 valence electrons. The van der Waals surface area contributed by atoms with Gasteiger partial charge < -0.3 is 20.9 Å². The molecule has 0 saturated carbocycles. The number of nitrogens with two attached hydrogens (primary N) is 1. The quantitative estimate of drug-likeness (QED) is 0.718. The molecule has 0 bridgehead atoms. The van der Waals surface area contributed by atoms with Gasteiger partial charge in [-0.25, -0.2) is 0 Å². The van der Waals surface area contributed by atoms with Gasteiger partial charge in [-0.15, -0.1) is 0 Å². The molecule has 8 nitrogen and oxygen atoms in total. The fourth-order valence-electron chi connectivity index (χ4n) is 3.51. The molecular weight excluding hydrogens is 360 g/mol. The third-order valence-corrected chi connectivity index (χ3v) is 4.79. The minimum absolute atomic E-state index is 0.00979. The molecule has 1 aliphatic rings. The molecule has 8 heteroatoms. The molecule has 0 radical (unpaired) electrons. The van der Waals surface area contributed by atoms with Crippen molar-refractivity contribution in [2.75, 3.05) is 13.6 Å². The number of rotatable bonds is 7. The van der Waals surface area contributed by atoms with Crippen molar-refractivity contribution in [3.63, 3.8) is 0 Å². The molecular formula is C20H28N4O4. The lowest BCUT2D eigenvalue weighted by Gasteiger charge is -2.29. The highest BCUT2D eigenvalue weighted by molar-refractivity contribution is 5.99. The molecule has 2 rings (SSSR count). The summed E-state index contributed by atoms with van der Waals surface area (Å²) in [6, 6.07) is 5.40. The molecule has 1 aromatic rings. The van der Waals surface area contributed by atoms with Crippen LogP contribution in [0.1, 0.15) is 54.3 Å². The molecule has 4 amide bonds. The van der Waals surface area contributed by atoms with Gasteiger partial charge in [-0.3, -0.25) is 19.2 Å². The van der Waals surface area contributed by atoms with Gasteiger partial charge in [0.15, 0.2) is 0 Å². The molecule has 28 heavy (non-hydrogen) atoms. The number of nitrogens with zero attached hydrogens (tertiary/aromatic N) is 2. The Hall–Kier alpha value is -2.90. The third-order valence-electron chi connectivity index (χ3n) is 4.79. The average Bonchev–Trinajstić information content (AvgIpc) is 3.02. The Balaban J connectivity index is 1.96. The van der Waals surface area contributed by atoms with Crippen LogP contribution in [0.2, 0.25) is 0 Å². The van der Waals surface area contributed by atoms with E-state index in [1.165, 1.54) is 11.0 Å². The van der Waals surface area contributed by atoms with Crippen LogP contribution < -0.4 is 11.1 Å². The molecule has 3 N–H and O–H groups in total. The zero-order valence-corrected chi connectivity index (χ0v) is 16.8. The number of carbonyl (C=O) groups is 4. The summed E-state index contributed by atoms with van der Waals surface area (Å²) in [6.45, 7) is 5.87. The van der Waals surface area contributed by atoms with Crippen LogP contribution in [0.15, 0.2) is 24.3 Å². The number of likely N-dealkylation sites (tertiary alicyclic amines) is 1.